The predicted molar refractivity (Wildman–Crippen MR) is 69.1 cm³/mol. The summed E-state index contributed by atoms with van der Waals surface area (Å²) in [5, 5.41) is 2.66. The minimum atomic E-state index is -0.491. The van der Waals surface area contributed by atoms with Crippen molar-refractivity contribution in [3.05, 3.63) is 17.7 Å². The van der Waals surface area contributed by atoms with Gasteiger partial charge in [-0.1, -0.05) is 0 Å². The highest BCUT2D eigenvalue weighted by Crippen LogP contribution is 2.11. The maximum atomic E-state index is 11.4. The van der Waals surface area contributed by atoms with Crippen molar-refractivity contribution in [2.24, 2.45) is 0 Å². The van der Waals surface area contributed by atoms with Crippen molar-refractivity contribution < 1.29 is 9.53 Å². The first kappa shape index (κ1) is 14.2. The first-order chi connectivity index (χ1) is 8.29. The summed E-state index contributed by atoms with van der Waals surface area (Å²) in [6.45, 7) is 7.70. The molecule has 0 bridgehead atoms. The number of amides is 1. The SMILES string of the molecule is Cc1ncnc(CCNC(=O)OC(C)(C)C)c1N. The van der Waals surface area contributed by atoms with Crippen LogP contribution in [0, 0.1) is 6.92 Å². The number of hydrogen-bond acceptors (Lipinski definition) is 5. The molecule has 1 rings (SSSR count). The molecule has 0 aliphatic rings. The highest BCUT2D eigenvalue weighted by Gasteiger charge is 2.15. The lowest BCUT2D eigenvalue weighted by atomic mass is 10.2. The fraction of sp³-hybridized carbons (Fsp3) is 0.583. The van der Waals surface area contributed by atoms with E-state index in [0.29, 0.717) is 18.7 Å². The van der Waals surface area contributed by atoms with E-state index in [-0.39, 0.29) is 0 Å². The predicted octanol–water partition coefficient (Wildman–Crippen LogP) is 1.43. The fourth-order valence-electron chi connectivity index (χ4n) is 1.33. The standard InChI is InChI=1S/C12H20N4O2/c1-8-10(13)9(16-7-15-8)5-6-14-11(17)18-12(2,3)4/h7H,5-6,13H2,1-4H3,(H,14,17). The van der Waals surface area contributed by atoms with E-state index >= 15 is 0 Å². The molecule has 0 unspecified atom stereocenters. The van der Waals surface area contributed by atoms with Crippen molar-refractivity contribution in [3.63, 3.8) is 0 Å². The number of aryl methyl sites for hydroxylation is 1. The minimum Gasteiger partial charge on any atom is -0.444 e. The molecule has 6 nitrogen and oxygen atoms in total. The molecule has 0 saturated carbocycles. The average Bonchev–Trinajstić information content (AvgIpc) is 2.21. The molecule has 0 saturated heterocycles. The molecule has 100 valence electrons. The third kappa shape index (κ3) is 4.57. The number of nitrogens with two attached hydrogens (primary N) is 1. The fourth-order valence-corrected chi connectivity index (χ4v) is 1.33. The lowest BCUT2D eigenvalue weighted by molar-refractivity contribution is 0.0528. The third-order valence-electron chi connectivity index (χ3n) is 2.20. The van der Waals surface area contributed by atoms with Crippen molar-refractivity contribution >= 4 is 11.8 Å². The summed E-state index contributed by atoms with van der Waals surface area (Å²) in [6, 6.07) is 0. The lowest BCUT2D eigenvalue weighted by Crippen LogP contribution is -2.33. The number of alkyl carbamates (subject to hydrolysis) is 1. The van der Waals surface area contributed by atoms with E-state index in [1.807, 2.05) is 27.7 Å². The largest absolute Gasteiger partial charge is 0.444 e. The number of ether oxygens (including phenoxy) is 1. The Morgan fingerprint density at radius 1 is 1.44 bits per heavy atom. The Kier molecular flexibility index (Phi) is 4.47. The number of nitrogens with one attached hydrogen (secondary N) is 1. The Hall–Kier alpha value is -1.85. The number of carbonyl (C=O) groups excluding carboxylic acids is 1. The molecule has 1 amide bonds. The van der Waals surface area contributed by atoms with Crippen LogP contribution in [0.4, 0.5) is 10.5 Å². The Bertz CT molecular complexity index is 427. The zero-order valence-electron chi connectivity index (χ0n) is 11.3. The smallest absolute Gasteiger partial charge is 0.407 e. The summed E-state index contributed by atoms with van der Waals surface area (Å²) in [6.07, 6.45) is 1.58. The second-order valence-corrected chi connectivity index (χ2v) is 5.00. The number of rotatable bonds is 3. The van der Waals surface area contributed by atoms with Crippen LogP contribution in [0.2, 0.25) is 0 Å². The quantitative estimate of drug-likeness (QED) is 0.849. The molecule has 18 heavy (non-hydrogen) atoms. The minimum absolute atomic E-state index is 0.426. The Balaban J connectivity index is 2.43. The molecular weight excluding hydrogens is 232 g/mol. The van der Waals surface area contributed by atoms with Crippen LogP contribution in [-0.2, 0) is 11.2 Å². The van der Waals surface area contributed by atoms with E-state index in [4.69, 9.17) is 10.5 Å². The highest BCUT2D eigenvalue weighted by molar-refractivity contribution is 5.67. The second kappa shape index (κ2) is 5.66. The van der Waals surface area contributed by atoms with Gasteiger partial charge in [0.15, 0.2) is 0 Å². The third-order valence-corrected chi connectivity index (χ3v) is 2.20. The summed E-state index contributed by atoms with van der Waals surface area (Å²) in [5.41, 5.74) is 7.40. The number of anilines is 1. The molecular formula is C12H20N4O2. The van der Waals surface area contributed by atoms with Gasteiger partial charge < -0.3 is 15.8 Å². The van der Waals surface area contributed by atoms with Crippen LogP contribution in [0.3, 0.4) is 0 Å². The topological polar surface area (TPSA) is 90.1 Å². The van der Waals surface area contributed by atoms with E-state index < -0.39 is 11.7 Å². The van der Waals surface area contributed by atoms with Crippen LogP contribution in [-0.4, -0.2) is 28.2 Å². The zero-order chi connectivity index (χ0) is 13.8. The number of hydrogen-bond donors (Lipinski definition) is 2. The van der Waals surface area contributed by atoms with Crippen LogP contribution < -0.4 is 11.1 Å². The molecule has 0 aliphatic carbocycles. The van der Waals surface area contributed by atoms with Crippen LogP contribution in [0.25, 0.3) is 0 Å². The number of nitrogen functional groups attached to an aromatic ring is 1. The van der Waals surface area contributed by atoms with Gasteiger partial charge in [-0.2, -0.15) is 0 Å². The summed E-state index contributed by atoms with van der Waals surface area (Å²) in [7, 11) is 0. The van der Waals surface area contributed by atoms with Crippen LogP contribution in [0.1, 0.15) is 32.2 Å². The van der Waals surface area contributed by atoms with Crippen molar-refractivity contribution in [2.45, 2.75) is 39.7 Å². The Morgan fingerprint density at radius 3 is 2.72 bits per heavy atom. The molecule has 6 heteroatoms. The van der Waals surface area contributed by atoms with Crippen LogP contribution in [0.15, 0.2) is 6.33 Å². The molecule has 1 aromatic heterocycles. The molecule has 0 radical (unpaired) electrons. The first-order valence-corrected chi connectivity index (χ1v) is 5.82. The second-order valence-electron chi connectivity index (χ2n) is 5.00. The number of nitrogens with zero attached hydrogens (tertiary/aromatic N) is 2. The van der Waals surface area contributed by atoms with Crippen molar-refractivity contribution in [1.29, 1.82) is 0 Å². The van der Waals surface area contributed by atoms with Gasteiger partial charge >= 0.3 is 6.09 Å². The van der Waals surface area contributed by atoms with Gasteiger partial charge in [0, 0.05) is 13.0 Å². The first-order valence-electron chi connectivity index (χ1n) is 5.82. The normalized spacial score (nSPS) is 11.1. The molecule has 3 N–H and O–H groups in total. The van der Waals surface area contributed by atoms with Gasteiger partial charge in [0.1, 0.15) is 11.9 Å². The van der Waals surface area contributed by atoms with Crippen molar-refractivity contribution in [3.8, 4) is 0 Å². The molecule has 1 heterocycles. The maximum Gasteiger partial charge on any atom is 0.407 e. The summed E-state index contributed by atoms with van der Waals surface area (Å²) in [5.74, 6) is 0. The van der Waals surface area contributed by atoms with Gasteiger partial charge in [0.25, 0.3) is 0 Å². The van der Waals surface area contributed by atoms with Gasteiger partial charge in [0.05, 0.1) is 17.1 Å². The van der Waals surface area contributed by atoms with E-state index in [1.165, 1.54) is 6.33 Å². The van der Waals surface area contributed by atoms with Crippen molar-refractivity contribution in [2.75, 3.05) is 12.3 Å². The molecule has 0 aromatic carbocycles. The highest BCUT2D eigenvalue weighted by atomic mass is 16.6. The van der Waals surface area contributed by atoms with Gasteiger partial charge in [-0.15, -0.1) is 0 Å². The molecule has 0 atom stereocenters. The van der Waals surface area contributed by atoms with Gasteiger partial charge in [-0.3, -0.25) is 0 Å². The molecule has 1 aromatic rings. The summed E-state index contributed by atoms with van der Waals surface area (Å²) < 4.78 is 5.12. The van der Waals surface area contributed by atoms with E-state index in [1.54, 1.807) is 0 Å². The van der Waals surface area contributed by atoms with Gasteiger partial charge in [0.2, 0.25) is 0 Å². The molecule has 0 spiro atoms. The summed E-state index contributed by atoms with van der Waals surface area (Å²) in [4.78, 5) is 19.5. The zero-order valence-corrected chi connectivity index (χ0v) is 11.3. The summed E-state index contributed by atoms with van der Waals surface area (Å²) >= 11 is 0. The molecule has 0 aliphatic heterocycles. The molecule has 0 fully saturated rings. The van der Waals surface area contributed by atoms with Crippen LogP contribution >= 0.6 is 0 Å². The van der Waals surface area contributed by atoms with E-state index in [2.05, 4.69) is 15.3 Å². The lowest BCUT2D eigenvalue weighted by Gasteiger charge is -2.19. The van der Waals surface area contributed by atoms with Gasteiger partial charge in [-0.25, -0.2) is 14.8 Å². The van der Waals surface area contributed by atoms with Crippen LogP contribution in [0.5, 0.6) is 0 Å². The monoisotopic (exact) mass is 252 g/mol. The maximum absolute atomic E-state index is 11.4. The van der Waals surface area contributed by atoms with Gasteiger partial charge in [-0.05, 0) is 27.7 Å². The van der Waals surface area contributed by atoms with Crippen molar-refractivity contribution in [1.82, 2.24) is 15.3 Å². The average molecular weight is 252 g/mol. The Labute approximate surface area is 107 Å². The Morgan fingerprint density at radius 2 is 2.11 bits per heavy atom. The number of aromatic nitrogens is 2. The van der Waals surface area contributed by atoms with E-state index in [9.17, 15) is 4.79 Å². The van der Waals surface area contributed by atoms with E-state index in [0.717, 1.165) is 11.4 Å². The number of carbonyl (C=O) groups is 1.